The van der Waals surface area contributed by atoms with Gasteiger partial charge in [0.2, 0.25) is 0 Å². The topological polar surface area (TPSA) is 9.23 Å². The molecule has 1 heteroatoms. The first kappa shape index (κ1) is 12.7. The van der Waals surface area contributed by atoms with Crippen LogP contribution in [0.1, 0.15) is 37.3 Å². The van der Waals surface area contributed by atoms with Gasteiger partial charge in [0.15, 0.2) is 0 Å². The highest BCUT2D eigenvalue weighted by molar-refractivity contribution is 5.30. The van der Waals surface area contributed by atoms with E-state index in [9.17, 15) is 0 Å². The molecule has 0 aliphatic carbocycles. The predicted octanol–water partition coefficient (Wildman–Crippen LogP) is 4.78. The zero-order valence-corrected chi connectivity index (χ0v) is 11.1. The van der Waals surface area contributed by atoms with E-state index in [1.807, 2.05) is 24.3 Å². The van der Waals surface area contributed by atoms with Crippen LogP contribution in [0.5, 0.6) is 5.75 Å². The van der Waals surface area contributed by atoms with E-state index in [4.69, 9.17) is 4.74 Å². The van der Waals surface area contributed by atoms with Crippen molar-refractivity contribution in [1.82, 2.24) is 0 Å². The van der Waals surface area contributed by atoms with Crippen LogP contribution in [0.2, 0.25) is 0 Å². The molecule has 0 radical (unpaired) electrons. The van der Waals surface area contributed by atoms with E-state index in [0.717, 1.165) is 12.2 Å². The smallest absolute Gasteiger partial charge is 0.120 e. The molecule has 2 aromatic carbocycles. The second-order valence-electron chi connectivity index (χ2n) is 4.66. The molecule has 94 valence electrons. The molecule has 0 aliphatic heterocycles. The van der Waals surface area contributed by atoms with Gasteiger partial charge >= 0.3 is 0 Å². The third-order valence-electron chi connectivity index (χ3n) is 3.29. The molecule has 1 atom stereocenters. The fourth-order valence-corrected chi connectivity index (χ4v) is 1.89. The fourth-order valence-electron chi connectivity index (χ4n) is 1.89. The molecule has 2 aromatic rings. The molecule has 0 aliphatic rings. The van der Waals surface area contributed by atoms with Gasteiger partial charge in [0.1, 0.15) is 12.4 Å². The van der Waals surface area contributed by atoms with Crippen LogP contribution < -0.4 is 4.74 Å². The Hall–Kier alpha value is -1.76. The number of rotatable bonds is 5. The summed E-state index contributed by atoms with van der Waals surface area (Å²) in [5.74, 6) is 1.54. The van der Waals surface area contributed by atoms with Crippen molar-refractivity contribution >= 4 is 0 Å². The van der Waals surface area contributed by atoms with Crippen LogP contribution in [0, 0.1) is 0 Å². The molecule has 2 rings (SSSR count). The number of hydrogen-bond donors (Lipinski definition) is 0. The molecule has 0 aromatic heterocycles. The van der Waals surface area contributed by atoms with Crippen LogP contribution in [-0.2, 0) is 6.61 Å². The molecule has 1 nitrogen and oxygen atoms in total. The Morgan fingerprint density at radius 3 is 2.50 bits per heavy atom. The molecule has 1 unspecified atom stereocenters. The zero-order valence-electron chi connectivity index (χ0n) is 11.1. The average molecular weight is 240 g/mol. The molecule has 0 fully saturated rings. The van der Waals surface area contributed by atoms with Gasteiger partial charge in [-0.3, -0.25) is 0 Å². The summed E-state index contributed by atoms with van der Waals surface area (Å²) in [6.45, 7) is 5.09. The lowest BCUT2D eigenvalue weighted by molar-refractivity contribution is 0.305. The summed E-state index contributed by atoms with van der Waals surface area (Å²) >= 11 is 0. The van der Waals surface area contributed by atoms with Gasteiger partial charge in [-0.2, -0.15) is 0 Å². The van der Waals surface area contributed by atoms with Crippen LogP contribution in [0.25, 0.3) is 0 Å². The van der Waals surface area contributed by atoms with E-state index < -0.39 is 0 Å². The van der Waals surface area contributed by atoms with Crippen molar-refractivity contribution in [3.05, 3.63) is 65.7 Å². The SMILES string of the molecule is CCC(C)c1cccc(OCc2ccccc2)c1. The van der Waals surface area contributed by atoms with Crippen molar-refractivity contribution in [2.45, 2.75) is 32.8 Å². The summed E-state index contributed by atoms with van der Waals surface area (Å²) in [5, 5.41) is 0. The van der Waals surface area contributed by atoms with Crippen LogP contribution in [0.15, 0.2) is 54.6 Å². The Morgan fingerprint density at radius 1 is 1.00 bits per heavy atom. The third kappa shape index (κ3) is 3.36. The van der Waals surface area contributed by atoms with Crippen molar-refractivity contribution in [3.8, 4) is 5.75 Å². The Bertz CT molecular complexity index is 476. The Balaban J connectivity index is 2.01. The number of hydrogen-bond acceptors (Lipinski definition) is 1. The maximum absolute atomic E-state index is 5.83. The lowest BCUT2D eigenvalue weighted by Gasteiger charge is -2.11. The second kappa shape index (κ2) is 6.25. The highest BCUT2D eigenvalue weighted by atomic mass is 16.5. The van der Waals surface area contributed by atoms with Gasteiger partial charge < -0.3 is 4.74 Å². The van der Waals surface area contributed by atoms with E-state index in [1.165, 1.54) is 11.1 Å². The van der Waals surface area contributed by atoms with Gasteiger partial charge in [0.25, 0.3) is 0 Å². The first-order valence-electron chi connectivity index (χ1n) is 6.56. The van der Waals surface area contributed by atoms with Crippen molar-refractivity contribution in [3.63, 3.8) is 0 Å². The maximum atomic E-state index is 5.83. The Labute approximate surface area is 109 Å². The summed E-state index contributed by atoms with van der Waals surface area (Å²) in [6, 6.07) is 18.7. The van der Waals surface area contributed by atoms with E-state index >= 15 is 0 Å². The average Bonchev–Trinajstić information content (AvgIpc) is 2.45. The Morgan fingerprint density at radius 2 is 1.78 bits per heavy atom. The van der Waals surface area contributed by atoms with Crippen molar-refractivity contribution in [2.24, 2.45) is 0 Å². The molecule has 0 heterocycles. The summed E-state index contributed by atoms with van der Waals surface area (Å²) in [7, 11) is 0. The monoisotopic (exact) mass is 240 g/mol. The molecule has 0 bridgehead atoms. The minimum atomic E-state index is 0.588. The van der Waals surface area contributed by atoms with Crippen LogP contribution >= 0.6 is 0 Å². The number of ether oxygens (including phenoxy) is 1. The lowest BCUT2D eigenvalue weighted by atomic mass is 9.99. The first-order chi connectivity index (χ1) is 8.79. The van der Waals surface area contributed by atoms with Crippen molar-refractivity contribution in [1.29, 1.82) is 0 Å². The van der Waals surface area contributed by atoms with Gasteiger partial charge in [-0.15, -0.1) is 0 Å². The quantitative estimate of drug-likeness (QED) is 0.731. The molecular weight excluding hydrogens is 220 g/mol. The minimum absolute atomic E-state index is 0.588. The second-order valence-corrected chi connectivity index (χ2v) is 4.66. The van der Waals surface area contributed by atoms with Crippen LogP contribution in [0.3, 0.4) is 0 Å². The van der Waals surface area contributed by atoms with Gasteiger partial charge in [-0.25, -0.2) is 0 Å². The minimum Gasteiger partial charge on any atom is -0.489 e. The zero-order chi connectivity index (χ0) is 12.8. The van der Waals surface area contributed by atoms with Crippen LogP contribution in [-0.4, -0.2) is 0 Å². The highest BCUT2D eigenvalue weighted by Crippen LogP contribution is 2.23. The Kier molecular flexibility index (Phi) is 4.40. The predicted molar refractivity (Wildman–Crippen MR) is 75.9 cm³/mol. The van der Waals surface area contributed by atoms with Gasteiger partial charge in [-0.05, 0) is 35.6 Å². The summed E-state index contributed by atoms with van der Waals surface area (Å²) in [5.41, 5.74) is 2.55. The van der Waals surface area contributed by atoms with Gasteiger partial charge in [0.05, 0.1) is 0 Å². The van der Waals surface area contributed by atoms with E-state index in [1.54, 1.807) is 0 Å². The fraction of sp³-hybridized carbons (Fsp3) is 0.294. The van der Waals surface area contributed by atoms with Gasteiger partial charge in [-0.1, -0.05) is 56.3 Å². The highest BCUT2D eigenvalue weighted by Gasteiger charge is 2.04. The first-order valence-corrected chi connectivity index (χ1v) is 6.56. The maximum Gasteiger partial charge on any atom is 0.120 e. The molecule has 0 N–H and O–H groups in total. The summed E-state index contributed by atoms with van der Waals surface area (Å²) < 4.78 is 5.83. The normalized spacial score (nSPS) is 12.1. The van der Waals surface area contributed by atoms with Crippen LogP contribution in [0.4, 0.5) is 0 Å². The van der Waals surface area contributed by atoms with E-state index in [0.29, 0.717) is 12.5 Å². The molecule has 0 amide bonds. The number of benzene rings is 2. The lowest BCUT2D eigenvalue weighted by Crippen LogP contribution is -1.97. The summed E-state index contributed by atoms with van der Waals surface area (Å²) in [4.78, 5) is 0. The molecule has 18 heavy (non-hydrogen) atoms. The largest absolute Gasteiger partial charge is 0.489 e. The summed E-state index contributed by atoms with van der Waals surface area (Å²) in [6.07, 6.45) is 1.15. The standard InChI is InChI=1S/C17H20O/c1-3-14(2)16-10-7-11-17(12-16)18-13-15-8-5-4-6-9-15/h4-12,14H,3,13H2,1-2H3. The molecular formula is C17H20O. The van der Waals surface area contributed by atoms with E-state index in [-0.39, 0.29) is 0 Å². The molecule has 0 saturated heterocycles. The van der Waals surface area contributed by atoms with E-state index in [2.05, 4.69) is 44.2 Å². The van der Waals surface area contributed by atoms with Gasteiger partial charge in [0, 0.05) is 0 Å². The third-order valence-corrected chi connectivity index (χ3v) is 3.29. The molecule has 0 spiro atoms. The van der Waals surface area contributed by atoms with Crippen molar-refractivity contribution in [2.75, 3.05) is 0 Å². The van der Waals surface area contributed by atoms with Crippen molar-refractivity contribution < 1.29 is 4.74 Å². The molecule has 0 saturated carbocycles.